The van der Waals surface area contributed by atoms with Crippen LogP contribution in [0, 0.1) is 0 Å². The Morgan fingerprint density at radius 3 is 2.57 bits per heavy atom. The molecule has 2 rings (SSSR count). The van der Waals surface area contributed by atoms with E-state index in [2.05, 4.69) is 12.2 Å². The van der Waals surface area contributed by atoms with Crippen molar-refractivity contribution in [3.05, 3.63) is 0 Å². The van der Waals surface area contributed by atoms with Gasteiger partial charge in [0.05, 0.1) is 12.2 Å². The van der Waals surface area contributed by atoms with Gasteiger partial charge in [0.25, 0.3) is 0 Å². The number of aliphatic hydroxyl groups excluding tert-OH is 1. The van der Waals surface area contributed by atoms with Crippen LogP contribution in [0.5, 0.6) is 0 Å². The van der Waals surface area contributed by atoms with Crippen LogP contribution in [0.3, 0.4) is 0 Å². The van der Waals surface area contributed by atoms with Crippen molar-refractivity contribution in [3.8, 4) is 0 Å². The van der Waals surface area contributed by atoms with Crippen molar-refractivity contribution in [2.75, 3.05) is 6.61 Å². The molecule has 1 saturated heterocycles. The summed E-state index contributed by atoms with van der Waals surface area (Å²) in [6.07, 6.45) is 5.75. The second-order valence-electron chi connectivity index (χ2n) is 4.60. The SMILES string of the molecule is CC1OCCC1NC1CCCCC1O. The van der Waals surface area contributed by atoms with Crippen molar-refractivity contribution in [2.24, 2.45) is 0 Å². The topological polar surface area (TPSA) is 41.5 Å². The Hall–Kier alpha value is -0.120. The summed E-state index contributed by atoms with van der Waals surface area (Å²) in [7, 11) is 0. The monoisotopic (exact) mass is 199 g/mol. The lowest BCUT2D eigenvalue weighted by Gasteiger charge is -2.31. The lowest BCUT2D eigenvalue weighted by molar-refractivity contribution is 0.0694. The van der Waals surface area contributed by atoms with E-state index in [0.717, 1.165) is 25.9 Å². The average Bonchev–Trinajstić information content (AvgIpc) is 2.56. The number of hydrogen-bond donors (Lipinski definition) is 2. The highest BCUT2D eigenvalue weighted by molar-refractivity contribution is 4.87. The first-order valence-electron chi connectivity index (χ1n) is 5.83. The van der Waals surface area contributed by atoms with Crippen molar-refractivity contribution in [3.63, 3.8) is 0 Å². The third-order valence-electron chi connectivity index (χ3n) is 3.53. The van der Waals surface area contributed by atoms with Crippen molar-refractivity contribution < 1.29 is 9.84 Å². The zero-order valence-electron chi connectivity index (χ0n) is 8.91. The number of aliphatic hydroxyl groups is 1. The van der Waals surface area contributed by atoms with Gasteiger partial charge in [0, 0.05) is 18.7 Å². The van der Waals surface area contributed by atoms with E-state index in [0.29, 0.717) is 18.2 Å². The van der Waals surface area contributed by atoms with Crippen LogP contribution in [-0.4, -0.2) is 36.0 Å². The van der Waals surface area contributed by atoms with Gasteiger partial charge in [-0.3, -0.25) is 0 Å². The first kappa shape index (κ1) is 10.4. The van der Waals surface area contributed by atoms with Gasteiger partial charge in [0.1, 0.15) is 0 Å². The highest BCUT2D eigenvalue weighted by Crippen LogP contribution is 2.21. The highest BCUT2D eigenvalue weighted by Gasteiger charge is 2.30. The molecule has 3 heteroatoms. The molecule has 4 unspecified atom stereocenters. The number of hydrogen-bond acceptors (Lipinski definition) is 3. The second kappa shape index (κ2) is 4.60. The van der Waals surface area contributed by atoms with Gasteiger partial charge in [-0.05, 0) is 26.2 Å². The van der Waals surface area contributed by atoms with Crippen LogP contribution >= 0.6 is 0 Å². The molecule has 0 aromatic rings. The Morgan fingerprint density at radius 2 is 1.93 bits per heavy atom. The summed E-state index contributed by atoms with van der Waals surface area (Å²) >= 11 is 0. The van der Waals surface area contributed by atoms with Crippen molar-refractivity contribution in [1.29, 1.82) is 0 Å². The van der Waals surface area contributed by atoms with E-state index in [1.807, 2.05) is 0 Å². The van der Waals surface area contributed by atoms with Crippen LogP contribution in [-0.2, 0) is 4.74 Å². The number of rotatable bonds is 2. The minimum absolute atomic E-state index is 0.142. The van der Waals surface area contributed by atoms with Crippen LogP contribution in [0.4, 0.5) is 0 Å². The molecule has 2 fully saturated rings. The first-order valence-corrected chi connectivity index (χ1v) is 5.83. The zero-order chi connectivity index (χ0) is 9.97. The van der Waals surface area contributed by atoms with E-state index < -0.39 is 0 Å². The van der Waals surface area contributed by atoms with Crippen LogP contribution in [0.25, 0.3) is 0 Å². The van der Waals surface area contributed by atoms with Gasteiger partial charge in [-0.15, -0.1) is 0 Å². The maximum atomic E-state index is 9.81. The minimum Gasteiger partial charge on any atom is -0.392 e. The van der Waals surface area contributed by atoms with Gasteiger partial charge in [0.15, 0.2) is 0 Å². The van der Waals surface area contributed by atoms with Crippen molar-refractivity contribution >= 4 is 0 Å². The molecule has 0 radical (unpaired) electrons. The lowest BCUT2D eigenvalue weighted by Crippen LogP contribution is -2.49. The van der Waals surface area contributed by atoms with E-state index >= 15 is 0 Å². The molecule has 1 aliphatic carbocycles. The molecular formula is C11H21NO2. The first-order chi connectivity index (χ1) is 6.77. The van der Waals surface area contributed by atoms with Crippen LogP contribution in [0.1, 0.15) is 39.0 Å². The summed E-state index contributed by atoms with van der Waals surface area (Å²) in [6.45, 7) is 2.97. The molecule has 82 valence electrons. The second-order valence-corrected chi connectivity index (χ2v) is 4.60. The van der Waals surface area contributed by atoms with Gasteiger partial charge in [0.2, 0.25) is 0 Å². The number of nitrogens with one attached hydrogen (secondary N) is 1. The molecular weight excluding hydrogens is 178 g/mol. The smallest absolute Gasteiger partial charge is 0.0700 e. The fourth-order valence-corrected chi connectivity index (χ4v) is 2.53. The Balaban J connectivity index is 1.83. The predicted octanol–water partition coefficient (Wildman–Crippen LogP) is 1.06. The van der Waals surface area contributed by atoms with Gasteiger partial charge >= 0.3 is 0 Å². The summed E-state index contributed by atoms with van der Waals surface area (Å²) in [6, 6.07) is 0.755. The fraction of sp³-hybridized carbons (Fsp3) is 1.00. The Bertz CT molecular complexity index is 186. The minimum atomic E-state index is -0.142. The lowest BCUT2D eigenvalue weighted by atomic mass is 9.91. The van der Waals surface area contributed by atoms with Gasteiger partial charge in [-0.2, -0.15) is 0 Å². The summed E-state index contributed by atoms with van der Waals surface area (Å²) in [5, 5.41) is 13.4. The summed E-state index contributed by atoms with van der Waals surface area (Å²) in [5.74, 6) is 0. The average molecular weight is 199 g/mol. The molecule has 3 nitrogen and oxygen atoms in total. The standard InChI is InChI=1S/C11H21NO2/c1-8-9(6-7-14-8)12-10-4-2-3-5-11(10)13/h8-13H,2-7H2,1H3. The highest BCUT2D eigenvalue weighted by atomic mass is 16.5. The Kier molecular flexibility index (Phi) is 3.42. The predicted molar refractivity (Wildman–Crippen MR) is 55.2 cm³/mol. The normalized spacial score (nSPS) is 44.1. The van der Waals surface area contributed by atoms with Crippen LogP contribution in [0.15, 0.2) is 0 Å². The number of ether oxygens (including phenoxy) is 1. The molecule has 4 atom stereocenters. The van der Waals surface area contributed by atoms with E-state index in [1.54, 1.807) is 0 Å². The zero-order valence-corrected chi connectivity index (χ0v) is 8.91. The van der Waals surface area contributed by atoms with Crippen LogP contribution in [0.2, 0.25) is 0 Å². The van der Waals surface area contributed by atoms with Gasteiger partial charge in [-0.1, -0.05) is 12.8 Å². The maximum absolute atomic E-state index is 9.81. The molecule has 0 bridgehead atoms. The largest absolute Gasteiger partial charge is 0.392 e. The maximum Gasteiger partial charge on any atom is 0.0700 e. The molecule has 1 saturated carbocycles. The molecule has 1 heterocycles. The molecule has 14 heavy (non-hydrogen) atoms. The molecule has 1 aliphatic heterocycles. The fourth-order valence-electron chi connectivity index (χ4n) is 2.53. The van der Waals surface area contributed by atoms with E-state index in [4.69, 9.17) is 4.74 Å². The summed E-state index contributed by atoms with van der Waals surface area (Å²) in [5.41, 5.74) is 0. The van der Waals surface area contributed by atoms with Crippen LogP contribution < -0.4 is 5.32 Å². The van der Waals surface area contributed by atoms with Crippen molar-refractivity contribution in [2.45, 2.75) is 63.3 Å². The third-order valence-corrected chi connectivity index (χ3v) is 3.53. The Labute approximate surface area is 85.8 Å². The van der Waals surface area contributed by atoms with Crippen molar-refractivity contribution in [1.82, 2.24) is 5.32 Å². The van der Waals surface area contributed by atoms with E-state index in [-0.39, 0.29) is 6.10 Å². The third kappa shape index (κ3) is 2.27. The quantitative estimate of drug-likeness (QED) is 0.698. The molecule has 0 spiro atoms. The van der Waals surface area contributed by atoms with E-state index in [1.165, 1.54) is 12.8 Å². The molecule has 0 aromatic carbocycles. The van der Waals surface area contributed by atoms with Gasteiger partial charge in [-0.25, -0.2) is 0 Å². The summed E-state index contributed by atoms with van der Waals surface area (Å²) < 4.78 is 5.50. The molecule has 2 aliphatic rings. The molecule has 0 aromatic heterocycles. The van der Waals surface area contributed by atoms with E-state index in [9.17, 15) is 5.11 Å². The van der Waals surface area contributed by atoms with Gasteiger partial charge < -0.3 is 15.2 Å². The molecule has 2 N–H and O–H groups in total. The Morgan fingerprint density at radius 1 is 1.14 bits per heavy atom. The molecule has 0 amide bonds. The summed E-state index contributed by atoms with van der Waals surface area (Å²) in [4.78, 5) is 0.